The van der Waals surface area contributed by atoms with Gasteiger partial charge in [0.1, 0.15) is 11.6 Å². The van der Waals surface area contributed by atoms with Crippen LogP contribution in [0.2, 0.25) is 10.0 Å². The van der Waals surface area contributed by atoms with Crippen molar-refractivity contribution in [2.75, 3.05) is 18.4 Å². The smallest absolute Gasteiger partial charge is 0.240 e. The van der Waals surface area contributed by atoms with E-state index < -0.39 is 10.0 Å². The third-order valence-electron chi connectivity index (χ3n) is 4.45. The largest absolute Gasteiger partial charge is 0.368 e. The molecule has 0 unspecified atom stereocenters. The predicted molar refractivity (Wildman–Crippen MR) is 112 cm³/mol. The number of fused-ring (bicyclic) bond motifs is 1. The minimum Gasteiger partial charge on any atom is -0.368 e. The van der Waals surface area contributed by atoms with Crippen molar-refractivity contribution in [3.63, 3.8) is 0 Å². The maximum atomic E-state index is 12.3. The zero-order chi connectivity index (χ0) is 19.7. The van der Waals surface area contributed by atoms with E-state index in [0.29, 0.717) is 28.3 Å². The van der Waals surface area contributed by atoms with Gasteiger partial charge in [-0.2, -0.15) is 0 Å². The molecule has 1 aliphatic rings. The van der Waals surface area contributed by atoms with Crippen LogP contribution in [0.5, 0.6) is 0 Å². The molecule has 0 aliphatic heterocycles. The monoisotopic (exact) mass is 436 g/mol. The number of hydrogen-bond acceptors (Lipinski definition) is 5. The molecule has 1 fully saturated rings. The van der Waals surface area contributed by atoms with Crippen molar-refractivity contribution < 1.29 is 8.42 Å². The van der Waals surface area contributed by atoms with Gasteiger partial charge >= 0.3 is 0 Å². The highest BCUT2D eigenvalue weighted by molar-refractivity contribution is 7.89. The lowest BCUT2D eigenvalue weighted by Gasteiger charge is -2.12. The number of sulfonamides is 1. The molecule has 1 aliphatic carbocycles. The summed E-state index contributed by atoms with van der Waals surface area (Å²) in [6.45, 7) is 0.592. The van der Waals surface area contributed by atoms with E-state index in [1.807, 2.05) is 12.1 Å². The summed E-state index contributed by atoms with van der Waals surface area (Å²) in [7, 11) is -3.59. The third-order valence-corrected chi connectivity index (χ3v) is 6.42. The number of anilines is 1. The number of aromatic nitrogens is 2. The molecule has 4 rings (SSSR count). The van der Waals surface area contributed by atoms with E-state index in [9.17, 15) is 8.42 Å². The van der Waals surface area contributed by atoms with Crippen LogP contribution in [0, 0.1) is 0 Å². The molecule has 3 aromatic rings. The second-order valence-electron chi connectivity index (χ2n) is 6.64. The Labute approximate surface area is 173 Å². The van der Waals surface area contributed by atoms with E-state index in [0.717, 1.165) is 29.6 Å². The molecule has 0 radical (unpaired) electrons. The highest BCUT2D eigenvalue weighted by atomic mass is 35.5. The Hall–Kier alpha value is -1.93. The maximum absolute atomic E-state index is 12.3. The first-order valence-electron chi connectivity index (χ1n) is 8.89. The minimum absolute atomic E-state index is 0.176. The van der Waals surface area contributed by atoms with Gasteiger partial charge in [0.05, 0.1) is 10.4 Å². The first-order chi connectivity index (χ1) is 13.4. The van der Waals surface area contributed by atoms with E-state index in [1.54, 1.807) is 18.2 Å². The van der Waals surface area contributed by atoms with Crippen molar-refractivity contribution in [1.82, 2.24) is 14.7 Å². The summed E-state index contributed by atoms with van der Waals surface area (Å²) in [6.07, 6.45) is 2.18. The zero-order valence-corrected chi connectivity index (χ0v) is 17.2. The van der Waals surface area contributed by atoms with Crippen LogP contribution in [0.4, 0.5) is 5.82 Å². The lowest BCUT2D eigenvalue weighted by atomic mass is 10.2. The quantitative estimate of drug-likeness (QED) is 0.542. The highest BCUT2D eigenvalue weighted by Crippen LogP contribution is 2.39. The molecule has 0 amide bonds. The fourth-order valence-corrected chi connectivity index (χ4v) is 4.17. The van der Waals surface area contributed by atoms with Crippen molar-refractivity contribution >= 4 is 49.9 Å². The minimum atomic E-state index is -3.59. The van der Waals surface area contributed by atoms with Gasteiger partial charge in [0.2, 0.25) is 10.0 Å². The SMILES string of the molecule is O=S(=O)(NCCNc1nc(C2CC2)nc2cc(Cl)ccc12)c1ccc(Cl)cc1. The van der Waals surface area contributed by atoms with E-state index >= 15 is 0 Å². The Morgan fingerprint density at radius 2 is 1.68 bits per heavy atom. The first kappa shape index (κ1) is 19.4. The molecule has 2 N–H and O–H groups in total. The van der Waals surface area contributed by atoms with Crippen molar-refractivity contribution in [1.29, 1.82) is 0 Å². The lowest BCUT2D eigenvalue weighted by Crippen LogP contribution is -2.29. The highest BCUT2D eigenvalue weighted by Gasteiger charge is 2.27. The van der Waals surface area contributed by atoms with Gasteiger partial charge in [-0.05, 0) is 55.3 Å². The summed E-state index contributed by atoms with van der Waals surface area (Å²) in [5.41, 5.74) is 0.786. The van der Waals surface area contributed by atoms with Crippen LogP contribution >= 0.6 is 23.2 Å². The average molecular weight is 437 g/mol. The zero-order valence-electron chi connectivity index (χ0n) is 14.8. The molecule has 0 spiro atoms. The van der Waals surface area contributed by atoms with Crippen LogP contribution in [0.15, 0.2) is 47.4 Å². The van der Waals surface area contributed by atoms with Crippen LogP contribution in [-0.4, -0.2) is 31.5 Å². The van der Waals surface area contributed by atoms with Gasteiger partial charge in [-0.3, -0.25) is 0 Å². The standard InChI is InChI=1S/C19H18Cl2N4O2S/c20-13-3-6-15(7-4-13)28(26,27)23-10-9-22-19-16-8-5-14(21)11-17(16)24-18(25-19)12-1-2-12/h3-8,11-12,23H,1-2,9-10H2,(H,22,24,25). The van der Waals surface area contributed by atoms with Crippen LogP contribution in [0.1, 0.15) is 24.6 Å². The number of hydrogen-bond donors (Lipinski definition) is 2. The van der Waals surface area contributed by atoms with Crippen molar-refractivity contribution in [3.05, 3.63) is 58.3 Å². The number of benzene rings is 2. The molecule has 0 bridgehead atoms. The summed E-state index contributed by atoms with van der Waals surface area (Å²) < 4.78 is 27.2. The van der Waals surface area contributed by atoms with Gasteiger partial charge in [-0.1, -0.05) is 23.2 Å². The van der Waals surface area contributed by atoms with Crippen molar-refractivity contribution in [2.24, 2.45) is 0 Å². The van der Waals surface area contributed by atoms with E-state index in [-0.39, 0.29) is 11.4 Å². The average Bonchev–Trinajstić information content (AvgIpc) is 3.50. The summed E-state index contributed by atoms with van der Waals surface area (Å²) in [5.74, 6) is 1.89. The number of nitrogens with one attached hydrogen (secondary N) is 2. The molecule has 146 valence electrons. The van der Waals surface area contributed by atoms with Gasteiger partial charge in [-0.15, -0.1) is 0 Å². The topological polar surface area (TPSA) is 84.0 Å². The summed E-state index contributed by atoms with van der Waals surface area (Å²) >= 11 is 11.9. The molecule has 1 heterocycles. The van der Waals surface area contributed by atoms with Crippen molar-refractivity contribution in [2.45, 2.75) is 23.7 Å². The first-order valence-corrected chi connectivity index (χ1v) is 11.1. The number of halogens is 2. The Balaban J connectivity index is 1.46. The van der Waals surface area contributed by atoms with Crippen LogP contribution in [0.25, 0.3) is 10.9 Å². The summed E-state index contributed by atoms with van der Waals surface area (Å²) in [4.78, 5) is 9.43. The van der Waals surface area contributed by atoms with Gasteiger partial charge in [0.25, 0.3) is 0 Å². The summed E-state index contributed by atoms with van der Waals surface area (Å²) in [6, 6.07) is 11.5. The van der Waals surface area contributed by atoms with Gasteiger partial charge in [-0.25, -0.2) is 23.1 Å². The fourth-order valence-electron chi connectivity index (χ4n) is 2.84. The van der Waals surface area contributed by atoms with Gasteiger partial charge in [0.15, 0.2) is 0 Å². The van der Waals surface area contributed by atoms with E-state index in [2.05, 4.69) is 20.0 Å². The number of nitrogens with zero attached hydrogens (tertiary/aromatic N) is 2. The maximum Gasteiger partial charge on any atom is 0.240 e. The molecule has 6 nitrogen and oxygen atoms in total. The van der Waals surface area contributed by atoms with E-state index in [4.69, 9.17) is 23.2 Å². The molecular weight excluding hydrogens is 419 g/mol. The van der Waals surface area contributed by atoms with Gasteiger partial charge in [0, 0.05) is 34.4 Å². The molecule has 1 aromatic heterocycles. The second-order valence-corrected chi connectivity index (χ2v) is 9.28. The third kappa shape index (κ3) is 4.38. The molecular formula is C19H18Cl2N4O2S. The molecule has 28 heavy (non-hydrogen) atoms. The Morgan fingerprint density at radius 1 is 0.964 bits per heavy atom. The normalized spacial score (nSPS) is 14.4. The van der Waals surface area contributed by atoms with Gasteiger partial charge < -0.3 is 5.32 Å². The van der Waals surface area contributed by atoms with Crippen molar-refractivity contribution in [3.8, 4) is 0 Å². The predicted octanol–water partition coefficient (Wildman–Crippen LogP) is 4.20. The molecule has 0 atom stereocenters. The van der Waals surface area contributed by atoms with Crippen LogP contribution in [-0.2, 0) is 10.0 Å². The molecule has 2 aromatic carbocycles. The van der Waals surface area contributed by atoms with Crippen LogP contribution < -0.4 is 10.0 Å². The molecule has 9 heteroatoms. The summed E-state index contributed by atoms with van der Waals surface area (Å²) in [5, 5.41) is 5.19. The Kier molecular flexibility index (Phi) is 5.42. The van der Waals surface area contributed by atoms with Crippen LogP contribution in [0.3, 0.4) is 0 Å². The molecule has 0 saturated heterocycles. The van der Waals surface area contributed by atoms with E-state index in [1.165, 1.54) is 12.1 Å². The Bertz CT molecular complexity index is 1120. The molecule has 1 saturated carbocycles. The Morgan fingerprint density at radius 3 is 2.39 bits per heavy atom. The fraction of sp³-hybridized carbons (Fsp3) is 0.263. The second kappa shape index (κ2) is 7.83. The number of rotatable bonds is 7. The lowest BCUT2D eigenvalue weighted by molar-refractivity contribution is 0.583.